The van der Waals surface area contributed by atoms with Gasteiger partial charge in [0.05, 0.1) is 15.9 Å². The van der Waals surface area contributed by atoms with E-state index < -0.39 is 4.92 Å². The fourth-order valence-electron chi connectivity index (χ4n) is 1.74. The zero-order valence-corrected chi connectivity index (χ0v) is 11.0. The molecular weight excluding hydrogens is 282 g/mol. The fourth-order valence-corrected chi connectivity index (χ4v) is 2.66. The average Bonchev–Trinajstić information content (AvgIpc) is 3.19. The number of carbonyl (C=O) groups is 1. The second kappa shape index (κ2) is 5.00. The summed E-state index contributed by atoms with van der Waals surface area (Å²) in [7, 11) is 0. The van der Waals surface area contributed by atoms with Crippen LogP contribution in [0.4, 0.5) is 5.69 Å². The van der Waals surface area contributed by atoms with Crippen LogP contribution in [0.3, 0.4) is 0 Å². The van der Waals surface area contributed by atoms with Crippen molar-refractivity contribution in [2.45, 2.75) is 28.9 Å². The summed E-state index contributed by atoms with van der Waals surface area (Å²) in [6.07, 6.45) is 2.62. The van der Waals surface area contributed by atoms with E-state index in [1.807, 2.05) is 0 Å². The number of benzene rings is 1. The van der Waals surface area contributed by atoms with Crippen molar-refractivity contribution in [2.24, 2.45) is 0 Å². The quantitative estimate of drug-likeness (QED) is 0.470. The molecule has 2 aromatic rings. The lowest BCUT2D eigenvalue weighted by Crippen LogP contribution is -1.99. The van der Waals surface area contributed by atoms with Gasteiger partial charge in [-0.3, -0.25) is 14.9 Å². The standard InChI is InChI=1S/C11H9N5O3S/c17-6-7-1-4-10(9(5-7)16(18)19)20-11-12-13-14-15(11)8-2-3-8/h1,4-6,8H,2-3H2. The number of hydrogen-bond acceptors (Lipinski definition) is 7. The minimum atomic E-state index is -0.513. The Kier molecular flexibility index (Phi) is 3.18. The van der Waals surface area contributed by atoms with Crippen LogP contribution in [0.25, 0.3) is 0 Å². The molecule has 1 aliphatic rings. The molecule has 0 N–H and O–H groups in total. The minimum Gasteiger partial charge on any atom is -0.298 e. The van der Waals surface area contributed by atoms with E-state index >= 15 is 0 Å². The lowest BCUT2D eigenvalue weighted by molar-refractivity contribution is -0.387. The third kappa shape index (κ3) is 2.39. The molecule has 0 radical (unpaired) electrons. The molecule has 1 aromatic heterocycles. The third-order valence-corrected chi connectivity index (χ3v) is 3.89. The molecule has 1 heterocycles. The predicted molar refractivity (Wildman–Crippen MR) is 68.7 cm³/mol. The Labute approximate surface area is 117 Å². The molecule has 0 spiro atoms. The molecule has 1 fully saturated rings. The van der Waals surface area contributed by atoms with E-state index in [1.165, 1.54) is 12.1 Å². The molecule has 8 nitrogen and oxygen atoms in total. The molecule has 1 aliphatic carbocycles. The molecule has 1 saturated carbocycles. The number of aromatic nitrogens is 4. The normalized spacial score (nSPS) is 14.2. The number of hydrogen-bond donors (Lipinski definition) is 0. The number of carbonyl (C=O) groups excluding carboxylic acids is 1. The van der Waals surface area contributed by atoms with Crippen molar-refractivity contribution in [3.8, 4) is 0 Å². The maximum atomic E-state index is 11.1. The van der Waals surface area contributed by atoms with Gasteiger partial charge in [-0.15, -0.1) is 5.10 Å². The Bertz CT molecular complexity index is 682. The fraction of sp³-hybridized carbons (Fsp3) is 0.273. The maximum Gasteiger partial charge on any atom is 0.284 e. The molecule has 0 saturated heterocycles. The Morgan fingerprint density at radius 3 is 2.90 bits per heavy atom. The van der Waals surface area contributed by atoms with Crippen LogP contribution in [0.15, 0.2) is 28.3 Å². The number of nitro groups is 1. The molecule has 1 aromatic carbocycles. The van der Waals surface area contributed by atoms with Gasteiger partial charge in [0.15, 0.2) is 0 Å². The van der Waals surface area contributed by atoms with Gasteiger partial charge < -0.3 is 0 Å². The molecule has 3 rings (SSSR count). The minimum absolute atomic E-state index is 0.120. The van der Waals surface area contributed by atoms with E-state index in [4.69, 9.17) is 0 Å². The maximum absolute atomic E-state index is 11.1. The van der Waals surface area contributed by atoms with E-state index in [1.54, 1.807) is 10.7 Å². The predicted octanol–water partition coefficient (Wildman–Crippen LogP) is 1.88. The third-order valence-electron chi connectivity index (χ3n) is 2.87. The summed E-state index contributed by atoms with van der Waals surface area (Å²) >= 11 is 1.13. The topological polar surface area (TPSA) is 104 Å². The largest absolute Gasteiger partial charge is 0.298 e. The Hall–Kier alpha value is -2.29. The lowest BCUT2D eigenvalue weighted by atomic mass is 10.2. The Morgan fingerprint density at radius 2 is 2.25 bits per heavy atom. The molecular formula is C11H9N5O3S. The summed E-state index contributed by atoms with van der Waals surface area (Å²) in [6.45, 7) is 0. The second-order valence-electron chi connectivity index (χ2n) is 4.34. The van der Waals surface area contributed by atoms with E-state index in [-0.39, 0.29) is 11.3 Å². The van der Waals surface area contributed by atoms with Crippen LogP contribution in [-0.4, -0.2) is 31.4 Å². The molecule has 9 heteroatoms. The summed E-state index contributed by atoms with van der Waals surface area (Å²) in [4.78, 5) is 21.7. The smallest absolute Gasteiger partial charge is 0.284 e. The number of rotatable bonds is 5. The number of aldehydes is 1. The summed E-state index contributed by atoms with van der Waals surface area (Å²) in [5.74, 6) is 0. The van der Waals surface area contributed by atoms with Gasteiger partial charge in [0.1, 0.15) is 6.29 Å². The highest BCUT2D eigenvalue weighted by Gasteiger charge is 2.29. The van der Waals surface area contributed by atoms with Gasteiger partial charge >= 0.3 is 0 Å². The van der Waals surface area contributed by atoms with Crippen LogP contribution in [-0.2, 0) is 0 Å². The molecule has 0 amide bonds. The average molecular weight is 291 g/mol. The highest BCUT2D eigenvalue weighted by Crippen LogP contribution is 2.40. The van der Waals surface area contributed by atoms with Crippen LogP contribution >= 0.6 is 11.8 Å². The van der Waals surface area contributed by atoms with Crippen LogP contribution in [0.5, 0.6) is 0 Å². The highest BCUT2D eigenvalue weighted by atomic mass is 32.2. The van der Waals surface area contributed by atoms with Gasteiger partial charge in [0.25, 0.3) is 5.69 Å². The Morgan fingerprint density at radius 1 is 1.45 bits per heavy atom. The first kappa shape index (κ1) is 12.7. The van der Waals surface area contributed by atoms with Gasteiger partial charge in [-0.2, -0.15) is 0 Å². The van der Waals surface area contributed by atoms with Crippen LogP contribution in [0, 0.1) is 10.1 Å². The lowest BCUT2D eigenvalue weighted by Gasteiger charge is -2.03. The van der Waals surface area contributed by atoms with Crippen molar-refractivity contribution in [3.63, 3.8) is 0 Å². The number of tetrazole rings is 1. The van der Waals surface area contributed by atoms with Gasteiger partial charge in [0, 0.05) is 11.6 Å². The van der Waals surface area contributed by atoms with Crippen LogP contribution < -0.4 is 0 Å². The van der Waals surface area contributed by atoms with Crippen LogP contribution in [0.2, 0.25) is 0 Å². The van der Waals surface area contributed by atoms with Crippen LogP contribution in [0.1, 0.15) is 29.2 Å². The van der Waals surface area contributed by atoms with Gasteiger partial charge in [0.2, 0.25) is 5.16 Å². The number of nitrogens with zero attached hydrogens (tertiary/aromatic N) is 5. The molecule has 0 unspecified atom stereocenters. The first-order chi connectivity index (χ1) is 9.69. The summed E-state index contributed by atoms with van der Waals surface area (Å²) in [6, 6.07) is 4.62. The summed E-state index contributed by atoms with van der Waals surface area (Å²) in [5, 5.41) is 23.0. The zero-order valence-electron chi connectivity index (χ0n) is 10.2. The molecule has 0 bridgehead atoms. The van der Waals surface area contributed by atoms with Crippen molar-refractivity contribution >= 4 is 23.7 Å². The van der Waals surface area contributed by atoms with Gasteiger partial charge in [-0.25, -0.2) is 4.68 Å². The van der Waals surface area contributed by atoms with Crippen molar-refractivity contribution < 1.29 is 9.72 Å². The zero-order chi connectivity index (χ0) is 14.1. The molecule has 20 heavy (non-hydrogen) atoms. The molecule has 102 valence electrons. The highest BCUT2D eigenvalue weighted by molar-refractivity contribution is 7.99. The SMILES string of the molecule is O=Cc1ccc(Sc2nnnn2C2CC2)c([N+](=O)[O-])c1. The summed E-state index contributed by atoms with van der Waals surface area (Å²) < 4.78 is 1.68. The monoisotopic (exact) mass is 291 g/mol. The molecule has 0 aliphatic heterocycles. The summed E-state index contributed by atoms with van der Waals surface area (Å²) in [5.41, 5.74) is 0.146. The van der Waals surface area contributed by atoms with Crippen molar-refractivity contribution in [2.75, 3.05) is 0 Å². The van der Waals surface area contributed by atoms with Gasteiger partial charge in [-0.1, -0.05) is 6.07 Å². The first-order valence-electron chi connectivity index (χ1n) is 5.88. The van der Waals surface area contributed by atoms with Crippen molar-refractivity contribution in [3.05, 3.63) is 33.9 Å². The Balaban J connectivity index is 1.95. The molecule has 0 atom stereocenters. The van der Waals surface area contributed by atoms with E-state index in [0.717, 1.165) is 24.6 Å². The second-order valence-corrected chi connectivity index (χ2v) is 5.35. The first-order valence-corrected chi connectivity index (χ1v) is 6.70. The number of nitro benzene ring substituents is 1. The van der Waals surface area contributed by atoms with E-state index in [9.17, 15) is 14.9 Å². The van der Waals surface area contributed by atoms with E-state index in [0.29, 0.717) is 22.4 Å². The van der Waals surface area contributed by atoms with Gasteiger partial charge in [-0.05, 0) is 41.1 Å². The van der Waals surface area contributed by atoms with Crippen molar-refractivity contribution in [1.29, 1.82) is 0 Å². The van der Waals surface area contributed by atoms with Crippen molar-refractivity contribution in [1.82, 2.24) is 20.2 Å². The van der Waals surface area contributed by atoms with E-state index in [2.05, 4.69) is 15.5 Å².